The van der Waals surface area contributed by atoms with Crippen molar-refractivity contribution in [2.45, 2.75) is 26.7 Å². The highest BCUT2D eigenvalue weighted by molar-refractivity contribution is 6.08. The lowest BCUT2D eigenvalue weighted by molar-refractivity contribution is 0.102. The standard InChI is InChI=1S/C17H21N3O/c1-3-10-19-16-12-18-11-9-14(16)17(21)20-15-8-6-5-7-13(15)4-2/h5-9,11-12,19H,3-4,10H2,1-2H3,(H,20,21). The Morgan fingerprint density at radius 1 is 1.14 bits per heavy atom. The fourth-order valence-electron chi connectivity index (χ4n) is 2.13. The first kappa shape index (κ1) is 15.0. The maximum atomic E-state index is 12.5. The van der Waals surface area contributed by atoms with Crippen molar-refractivity contribution < 1.29 is 4.79 Å². The first-order valence-electron chi connectivity index (χ1n) is 7.33. The number of aryl methyl sites for hydroxylation is 1. The summed E-state index contributed by atoms with van der Waals surface area (Å²) in [6.07, 6.45) is 5.20. The summed E-state index contributed by atoms with van der Waals surface area (Å²) in [5, 5.41) is 6.22. The molecule has 2 rings (SSSR count). The smallest absolute Gasteiger partial charge is 0.257 e. The fourth-order valence-corrected chi connectivity index (χ4v) is 2.13. The molecule has 0 fully saturated rings. The van der Waals surface area contributed by atoms with Crippen molar-refractivity contribution in [1.82, 2.24) is 4.98 Å². The van der Waals surface area contributed by atoms with Crippen LogP contribution in [0.25, 0.3) is 0 Å². The quantitative estimate of drug-likeness (QED) is 0.849. The molecule has 0 aliphatic rings. The van der Waals surface area contributed by atoms with Crippen LogP contribution in [-0.2, 0) is 6.42 Å². The molecular weight excluding hydrogens is 262 g/mol. The van der Waals surface area contributed by atoms with Gasteiger partial charge < -0.3 is 10.6 Å². The SMILES string of the molecule is CCCNc1cnccc1C(=O)Nc1ccccc1CC. The number of para-hydroxylation sites is 1. The Labute approximate surface area is 125 Å². The number of hydrogen-bond donors (Lipinski definition) is 2. The molecule has 2 aromatic rings. The van der Waals surface area contributed by atoms with E-state index in [1.165, 1.54) is 0 Å². The molecule has 0 unspecified atom stereocenters. The number of aromatic nitrogens is 1. The second-order valence-corrected chi connectivity index (χ2v) is 4.81. The molecular formula is C17H21N3O. The average Bonchev–Trinajstić information content (AvgIpc) is 2.53. The molecule has 0 bridgehead atoms. The molecule has 0 atom stereocenters. The molecule has 0 radical (unpaired) electrons. The molecule has 0 spiro atoms. The van der Waals surface area contributed by atoms with Gasteiger partial charge in [-0.3, -0.25) is 9.78 Å². The number of pyridine rings is 1. The van der Waals surface area contributed by atoms with Gasteiger partial charge in [0.25, 0.3) is 5.91 Å². The number of amides is 1. The topological polar surface area (TPSA) is 54.0 Å². The summed E-state index contributed by atoms with van der Waals surface area (Å²) in [4.78, 5) is 16.6. The van der Waals surface area contributed by atoms with Crippen LogP contribution in [0.2, 0.25) is 0 Å². The number of anilines is 2. The van der Waals surface area contributed by atoms with Gasteiger partial charge in [-0.15, -0.1) is 0 Å². The van der Waals surface area contributed by atoms with Crippen molar-refractivity contribution in [2.75, 3.05) is 17.2 Å². The Bertz CT molecular complexity index is 610. The van der Waals surface area contributed by atoms with E-state index < -0.39 is 0 Å². The molecule has 2 N–H and O–H groups in total. The predicted molar refractivity (Wildman–Crippen MR) is 86.8 cm³/mol. The third kappa shape index (κ3) is 3.81. The number of carbonyl (C=O) groups is 1. The third-order valence-corrected chi connectivity index (χ3v) is 3.28. The van der Waals surface area contributed by atoms with Gasteiger partial charge in [-0.05, 0) is 30.5 Å². The molecule has 1 aromatic carbocycles. The van der Waals surface area contributed by atoms with E-state index in [9.17, 15) is 4.79 Å². The average molecular weight is 283 g/mol. The van der Waals surface area contributed by atoms with Gasteiger partial charge in [0.1, 0.15) is 0 Å². The van der Waals surface area contributed by atoms with Crippen molar-refractivity contribution in [1.29, 1.82) is 0 Å². The molecule has 110 valence electrons. The van der Waals surface area contributed by atoms with Gasteiger partial charge in [-0.2, -0.15) is 0 Å². The van der Waals surface area contributed by atoms with Crippen molar-refractivity contribution in [3.63, 3.8) is 0 Å². The van der Waals surface area contributed by atoms with Crippen LogP contribution in [0, 0.1) is 0 Å². The predicted octanol–water partition coefficient (Wildman–Crippen LogP) is 3.72. The first-order chi connectivity index (χ1) is 10.3. The molecule has 1 amide bonds. The molecule has 1 heterocycles. The minimum atomic E-state index is -0.114. The zero-order chi connectivity index (χ0) is 15.1. The van der Waals surface area contributed by atoms with Crippen LogP contribution in [0.5, 0.6) is 0 Å². The zero-order valence-electron chi connectivity index (χ0n) is 12.5. The monoisotopic (exact) mass is 283 g/mol. The second-order valence-electron chi connectivity index (χ2n) is 4.81. The van der Waals surface area contributed by atoms with Crippen LogP contribution in [0.1, 0.15) is 36.2 Å². The summed E-state index contributed by atoms with van der Waals surface area (Å²) in [7, 11) is 0. The first-order valence-corrected chi connectivity index (χ1v) is 7.33. The van der Waals surface area contributed by atoms with Gasteiger partial charge in [0.15, 0.2) is 0 Å². The molecule has 0 aliphatic carbocycles. The van der Waals surface area contributed by atoms with Crippen molar-refractivity contribution in [2.24, 2.45) is 0 Å². The number of benzene rings is 1. The molecule has 21 heavy (non-hydrogen) atoms. The molecule has 4 nitrogen and oxygen atoms in total. The van der Waals surface area contributed by atoms with E-state index in [-0.39, 0.29) is 5.91 Å². The fraction of sp³-hybridized carbons (Fsp3) is 0.294. The van der Waals surface area contributed by atoms with Crippen LogP contribution < -0.4 is 10.6 Å². The van der Waals surface area contributed by atoms with Crippen molar-refractivity contribution >= 4 is 17.3 Å². The van der Waals surface area contributed by atoms with E-state index in [1.54, 1.807) is 18.5 Å². The van der Waals surface area contributed by atoms with Crippen LogP contribution in [0.3, 0.4) is 0 Å². The van der Waals surface area contributed by atoms with Crippen LogP contribution >= 0.6 is 0 Å². The number of nitrogens with zero attached hydrogens (tertiary/aromatic N) is 1. The van der Waals surface area contributed by atoms with Gasteiger partial charge in [-0.25, -0.2) is 0 Å². The highest BCUT2D eigenvalue weighted by atomic mass is 16.1. The summed E-state index contributed by atoms with van der Waals surface area (Å²) in [5.74, 6) is -0.114. The minimum absolute atomic E-state index is 0.114. The van der Waals surface area contributed by atoms with E-state index in [0.29, 0.717) is 5.56 Å². The van der Waals surface area contributed by atoms with E-state index in [4.69, 9.17) is 0 Å². The highest BCUT2D eigenvalue weighted by Crippen LogP contribution is 2.19. The summed E-state index contributed by atoms with van der Waals surface area (Å²) in [6.45, 7) is 4.98. The molecule has 0 aliphatic heterocycles. The Morgan fingerprint density at radius 3 is 2.71 bits per heavy atom. The summed E-state index contributed by atoms with van der Waals surface area (Å²) in [6, 6.07) is 9.60. The van der Waals surface area contributed by atoms with Gasteiger partial charge in [-0.1, -0.05) is 32.0 Å². The van der Waals surface area contributed by atoms with Crippen molar-refractivity contribution in [3.05, 3.63) is 53.9 Å². The van der Waals surface area contributed by atoms with E-state index in [0.717, 1.165) is 36.3 Å². The Kier molecular flexibility index (Phi) is 5.32. The number of rotatable bonds is 6. The van der Waals surface area contributed by atoms with Gasteiger partial charge >= 0.3 is 0 Å². The molecule has 4 heteroatoms. The Hall–Kier alpha value is -2.36. The lowest BCUT2D eigenvalue weighted by Crippen LogP contribution is -2.16. The van der Waals surface area contributed by atoms with Gasteiger partial charge in [0.2, 0.25) is 0 Å². The van der Waals surface area contributed by atoms with Crippen LogP contribution in [0.4, 0.5) is 11.4 Å². The van der Waals surface area contributed by atoms with Crippen LogP contribution in [-0.4, -0.2) is 17.4 Å². The highest BCUT2D eigenvalue weighted by Gasteiger charge is 2.12. The van der Waals surface area contributed by atoms with Crippen LogP contribution in [0.15, 0.2) is 42.7 Å². The maximum Gasteiger partial charge on any atom is 0.257 e. The van der Waals surface area contributed by atoms with E-state index >= 15 is 0 Å². The molecule has 0 saturated heterocycles. The number of carbonyl (C=O) groups excluding carboxylic acids is 1. The lowest BCUT2D eigenvalue weighted by atomic mass is 10.1. The Morgan fingerprint density at radius 2 is 1.95 bits per heavy atom. The largest absolute Gasteiger partial charge is 0.383 e. The third-order valence-electron chi connectivity index (χ3n) is 3.28. The number of nitrogens with one attached hydrogen (secondary N) is 2. The lowest BCUT2D eigenvalue weighted by Gasteiger charge is -2.13. The van der Waals surface area contributed by atoms with E-state index in [2.05, 4.69) is 29.5 Å². The minimum Gasteiger partial charge on any atom is -0.383 e. The van der Waals surface area contributed by atoms with Crippen molar-refractivity contribution in [3.8, 4) is 0 Å². The normalized spacial score (nSPS) is 10.2. The summed E-state index contributed by atoms with van der Waals surface area (Å²) >= 11 is 0. The zero-order valence-corrected chi connectivity index (χ0v) is 12.5. The van der Waals surface area contributed by atoms with E-state index in [1.807, 2.05) is 24.3 Å². The number of hydrogen-bond acceptors (Lipinski definition) is 3. The van der Waals surface area contributed by atoms with Gasteiger partial charge in [0, 0.05) is 18.4 Å². The summed E-state index contributed by atoms with van der Waals surface area (Å²) < 4.78 is 0. The summed E-state index contributed by atoms with van der Waals surface area (Å²) in [5.41, 5.74) is 3.38. The van der Waals surface area contributed by atoms with Gasteiger partial charge in [0.05, 0.1) is 17.4 Å². The second kappa shape index (κ2) is 7.43. The Balaban J connectivity index is 2.20. The molecule has 1 aromatic heterocycles. The maximum absolute atomic E-state index is 12.5. The molecule has 0 saturated carbocycles.